The third-order valence-electron chi connectivity index (χ3n) is 8.06. The van der Waals surface area contributed by atoms with Crippen molar-refractivity contribution < 1.29 is 42.1 Å². The van der Waals surface area contributed by atoms with Crippen molar-refractivity contribution >= 4 is 17.7 Å². The maximum absolute atomic E-state index is 14.6. The van der Waals surface area contributed by atoms with Crippen LogP contribution in [0, 0.1) is 17.8 Å². The highest BCUT2D eigenvalue weighted by atomic mass is 19.3. The number of rotatable bonds is 17. The average molecular weight is 547 g/mol. The van der Waals surface area contributed by atoms with Gasteiger partial charge in [-0.2, -0.15) is 8.78 Å². The zero-order valence-electron chi connectivity index (χ0n) is 23.7. The lowest BCUT2D eigenvalue weighted by Crippen LogP contribution is -2.34. The van der Waals surface area contributed by atoms with E-state index in [0.29, 0.717) is 25.9 Å². The van der Waals surface area contributed by atoms with Gasteiger partial charge in [-0.25, -0.2) is 0 Å². The minimum absolute atomic E-state index is 0.0934. The molecule has 7 nitrogen and oxygen atoms in total. The lowest BCUT2D eigenvalue weighted by Gasteiger charge is -2.31. The molecule has 0 aromatic heterocycles. The molecule has 0 spiro atoms. The molecule has 6 atom stereocenters. The van der Waals surface area contributed by atoms with Crippen LogP contribution >= 0.6 is 0 Å². The van der Waals surface area contributed by atoms with E-state index in [-0.39, 0.29) is 54.9 Å². The van der Waals surface area contributed by atoms with Gasteiger partial charge in [-0.3, -0.25) is 14.4 Å². The van der Waals surface area contributed by atoms with Gasteiger partial charge in [0.1, 0.15) is 6.10 Å². The lowest BCUT2D eigenvalue weighted by atomic mass is 9.84. The van der Waals surface area contributed by atoms with E-state index in [1.807, 2.05) is 6.92 Å². The van der Waals surface area contributed by atoms with Gasteiger partial charge in [-0.05, 0) is 50.4 Å². The first-order valence-corrected chi connectivity index (χ1v) is 14.5. The largest absolute Gasteiger partial charge is 0.469 e. The van der Waals surface area contributed by atoms with Gasteiger partial charge in [-0.1, -0.05) is 39.5 Å². The number of ether oxygens (including phenoxy) is 4. The Morgan fingerprint density at radius 3 is 2.34 bits per heavy atom. The van der Waals surface area contributed by atoms with Crippen LogP contribution in [0.25, 0.3) is 0 Å². The highest BCUT2D eigenvalue weighted by molar-refractivity contribution is 5.85. The van der Waals surface area contributed by atoms with E-state index >= 15 is 0 Å². The number of ketones is 1. The van der Waals surface area contributed by atoms with Crippen LogP contribution in [0.1, 0.15) is 111 Å². The van der Waals surface area contributed by atoms with E-state index < -0.39 is 24.2 Å². The topological polar surface area (TPSA) is 88.1 Å². The minimum Gasteiger partial charge on any atom is -0.469 e. The molecular formula is C29H48F2O7. The molecule has 0 bridgehead atoms. The number of halogens is 2. The fraction of sp³-hybridized carbons (Fsp3) is 0.897. The second-order valence-electron chi connectivity index (χ2n) is 11.1. The minimum atomic E-state index is -3.35. The highest BCUT2D eigenvalue weighted by Gasteiger charge is 2.47. The van der Waals surface area contributed by atoms with E-state index in [2.05, 4.69) is 4.74 Å². The number of esters is 2. The molecule has 1 aliphatic carbocycles. The maximum atomic E-state index is 14.6. The number of alkyl halides is 2. The summed E-state index contributed by atoms with van der Waals surface area (Å²) in [6, 6.07) is 0. The van der Waals surface area contributed by atoms with Gasteiger partial charge < -0.3 is 18.9 Å². The smallest absolute Gasteiger partial charge is 0.305 e. The fourth-order valence-electron chi connectivity index (χ4n) is 5.73. The summed E-state index contributed by atoms with van der Waals surface area (Å²) in [7, 11) is 1.37. The van der Waals surface area contributed by atoms with Crippen LogP contribution in [0.5, 0.6) is 0 Å². The van der Waals surface area contributed by atoms with Gasteiger partial charge in [0.25, 0.3) is 0 Å². The standard InChI is InChI=1S/C29H48F2O7/c1-5-20(2)19-29(30,31)26(33)16-15-23-22(12-8-6-7-9-13-27(34)35-4)24(37-21(3)32)18-25(23)38-28-14-10-11-17-36-28/h20,22-25,28H,5-19H2,1-4H3/t20-,22+,23+,24+,25+,28?/m0/s1. The summed E-state index contributed by atoms with van der Waals surface area (Å²) in [5.41, 5.74) is 0. The second-order valence-corrected chi connectivity index (χ2v) is 11.1. The van der Waals surface area contributed by atoms with Gasteiger partial charge >= 0.3 is 17.9 Å². The molecule has 9 heteroatoms. The van der Waals surface area contributed by atoms with E-state index in [1.54, 1.807) is 6.92 Å². The van der Waals surface area contributed by atoms with Crippen molar-refractivity contribution in [2.75, 3.05) is 13.7 Å². The van der Waals surface area contributed by atoms with Gasteiger partial charge in [0.2, 0.25) is 5.78 Å². The Morgan fingerprint density at radius 2 is 1.71 bits per heavy atom. The summed E-state index contributed by atoms with van der Waals surface area (Å²) in [6.07, 6.45) is 6.71. The van der Waals surface area contributed by atoms with Crippen molar-refractivity contribution in [1.29, 1.82) is 0 Å². The molecule has 38 heavy (non-hydrogen) atoms. The molecule has 1 aliphatic heterocycles. The van der Waals surface area contributed by atoms with Gasteiger partial charge in [0.05, 0.1) is 13.2 Å². The van der Waals surface area contributed by atoms with Crippen molar-refractivity contribution in [3.63, 3.8) is 0 Å². The quantitative estimate of drug-likeness (QED) is 0.154. The van der Waals surface area contributed by atoms with Crippen LogP contribution in [0.4, 0.5) is 8.78 Å². The number of methoxy groups -OCH3 is 1. The van der Waals surface area contributed by atoms with Crippen molar-refractivity contribution in [2.24, 2.45) is 17.8 Å². The molecule has 220 valence electrons. The summed E-state index contributed by atoms with van der Waals surface area (Å²) in [4.78, 5) is 35.8. The van der Waals surface area contributed by atoms with Crippen LogP contribution in [-0.2, 0) is 33.3 Å². The number of carbonyl (C=O) groups excluding carboxylic acids is 3. The van der Waals surface area contributed by atoms with E-state index in [1.165, 1.54) is 14.0 Å². The van der Waals surface area contributed by atoms with Crippen LogP contribution < -0.4 is 0 Å². The van der Waals surface area contributed by atoms with Crippen LogP contribution in [-0.4, -0.2) is 55.9 Å². The SMILES string of the molecule is CC[C@H](C)CC(F)(F)C(=O)CC[C@@H]1[C@@H](CCCCCCC(=O)OC)[C@H](OC(C)=O)C[C@H]1OC1CCCCO1. The molecule has 2 rings (SSSR count). The molecule has 0 aromatic rings. The van der Waals surface area contributed by atoms with Crippen LogP contribution in [0.3, 0.4) is 0 Å². The summed E-state index contributed by atoms with van der Waals surface area (Å²) in [6.45, 7) is 5.56. The molecule has 1 saturated heterocycles. The van der Waals surface area contributed by atoms with E-state index in [4.69, 9.17) is 14.2 Å². The molecule has 0 aromatic carbocycles. The predicted molar refractivity (Wildman–Crippen MR) is 139 cm³/mol. The van der Waals surface area contributed by atoms with Crippen molar-refractivity contribution in [3.8, 4) is 0 Å². The Morgan fingerprint density at radius 1 is 1.00 bits per heavy atom. The molecule has 0 N–H and O–H groups in total. The van der Waals surface area contributed by atoms with Crippen molar-refractivity contribution in [1.82, 2.24) is 0 Å². The molecule has 1 unspecified atom stereocenters. The Balaban J connectivity index is 2.08. The summed E-state index contributed by atoms with van der Waals surface area (Å²) in [5.74, 6) is -5.50. The molecular weight excluding hydrogens is 498 g/mol. The molecule has 0 amide bonds. The number of carbonyl (C=O) groups is 3. The van der Waals surface area contributed by atoms with Crippen LogP contribution in [0.2, 0.25) is 0 Å². The van der Waals surface area contributed by atoms with Gasteiger partial charge in [0.15, 0.2) is 6.29 Å². The van der Waals surface area contributed by atoms with E-state index in [0.717, 1.165) is 51.4 Å². The van der Waals surface area contributed by atoms with E-state index in [9.17, 15) is 23.2 Å². The molecule has 1 saturated carbocycles. The Hall–Kier alpha value is -1.61. The van der Waals surface area contributed by atoms with Crippen molar-refractivity contribution in [3.05, 3.63) is 0 Å². The monoisotopic (exact) mass is 546 g/mol. The maximum Gasteiger partial charge on any atom is 0.305 e. The summed E-state index contributed by atoms with van der Waals surface area (Å²) < 4.78 is 51.8. The lowest BCUT2D eigenvalue weighted by molar-refractivity contribution is -0.196. The zero-order chi connectivity index (χ0) is 28.1. The first kappa shape index (κ1) is 32.6. The molecule has 1 heterocycles. The highest BCUT2D eigenvalue weighted by Crippen LogP contribution is 2.44. The third-order valence-corrected chi connectivity index (χ3v) is 8.06. The molecule has 2 fully saturated rings. The van der Waals surface area contributed by atoms with Gasteiger partial charge in [-0.15, -0.1) is 0 Å². The Labute approximate surface area is 226 Å². The summed E-state index contributed by atoms with van der Waals surface area (Å²) in [5, 5.41) is 0. The normalized spacial score (nSPS) is 26.6. The Kier molecular flexibility index (Phi) is 14.1. The second kappa shape index (κ2) is 16.5. The first-order chi connectivity index (χ1) is 18.1. The zero-order valence-corrected chi connectivity index (χ0v) is 23.7. The number of hydrogen-bond acceptors (Lipinski definition) is 7. The third kappa shape index (κ3) is 10.9. The fourth-order valence-corrected chi connectivity index (χ4v) is 5.73. The van der Waals surface area contributed by atoms with Crippen molar-refractivity contribution in [2.45, 2.75) is 135 Å². The number of Topliss-reactive ketones (excluding diaryl/α,β-unsaturated/α-hetero) is 1. The predicted octanol–water partition coefficient (Wildman–Crippen LogP) is 6.40. The number of hydrogen-bond donors (Lipinski definition) is 0. The average Bonchev–Trinajstić information content (AvgIpc) is 3.18. The number of unbranched alkanes of at least 4 members (excludes halogenated alkanes) is 3. The summed E-state index contributed by atoms with van der Waals surface area (Å²) >= 11 is 0. The molecule has 2 aliphatic rings. The molecule has 0 radical (unpaired) electrons. The van der Waals surface area contributed by atoms with Gasteiger partial charge in [0, 0.05) is 45.1 Å². The Bertz CT molecular complexity index is 738. The van der Waals surface area contributed by atoms with Crippen LogP contribution in [0.15, 0.2) is 0 Å². The first-order valence-electron chi connectivity index (χ1n) is 14.5.